The van der Waals surface area contributed by atoms with Crippen LogP contribution in [0, 0.1) is 0 Å². The number of benzene rings is 1. The number of amides is 1. The molecule has 0 saturated heterocycles. The maximum Gasteiger partial charge on any atom is 0.249 e. The third-order valence-electron chi connectivity index (χ3n) is 2.86. The van der Waals surface area contributed by atoms with E-state index in [0.29, 0.717) is 5.69 Å². The number of rotatable bonds is 5. The molecule has 1 amide bonds. The standard InChI is InChI=1S/C14H18N4O2/c1-11(2)18(13-6-4-3-5-7-13)14(20)9-17-8-12(10-19)15-16-17/h3-8,11,19H,9-10H2,1-2H3. The van der Waals surface area contributed by atoms with E-state index >= 15 is 0 Å². The number of para-hydroxylation sites is 1. The normalized spacial score (nSPS) is 10.8. The average Bonchev–Trinajstić information content (AvgIpc) is 2.87. The van der Waals surface area contributed by atoms with Crippen LogP contribution in [0.15, 0.2) is 36.5 Å². The van der Waals surface area contributed by atoms with Crippen molar-refractivity contribution in [3.05, 3.63) is 42.2 Å². The first-order valence-electron chi connectivity index (χ1n) is 6.48. The van der Waals surface area contributed by atoms with Crippen LogP contribution in [0.4, 0.5) is 5.69 Å². The van der Waals surface area contributed by atoms with Gasteiger partial charge >= 0.3 is 0 Å². The van der Waals surface area contributed by atoms with E-state index in [1.165, 1.54) is 4.68 Å². The summed E-state index contributed by atoms with van der Waals surface area (Å²) >= 11 is 0. The minimum absolute atomic E-state index is 0.0470. The lowest BCUT2D eigenvalue weighted by Crippen LogP contribution is -2.39. The van der Waals surface area contributed by atoms with Gasteiger partial charge in [-0.3, -0.25) is 4.79 Å². The Morgan fingerprint density at radius 1 is 1.35 bits per heavy atom. The first kappa shape index (κ1) is 14.2. The summed E-state index contributed by atoms with van der Waals surface area (Å²) in [6.45, 7) is 3.84. The van der Waals surface area contributed by atoms with Gasteiger partial charge in [0.1, 0.15) is 12.2 Å². The summed E-state index contributed by atoms with van der Waals surface area (Å²) in [6.07, 6.45) is 1.57. The van der Waals surface area contributed by atoms with E-state index in [2.05, 4.69) is 10.3 Å². The zero-order chi connectivity index (χ0) is 14.5. The molecule has 0 fully saturated rings. The maximum atomic E-state index is 12.4. The predicted octanol–water partition coefficient (Wildman–Crippen LogP) is 1.21. The smallest absolute Gasteiger partial charge is 0.249 e. The number of aliphatic hydroxyl groups is 1. The van der Waals surface area contributed by atoms with Crippen molar-refractivity contribution < 1.29 is 9.90 Å². The number of carbonyl (C=O) groups excluding carboxylic acids is 1. The third-order valence-corrected chi connectivity index (χ3v) is 2.86. The molecule has 0 saturated carbocycles. The second kappa shape index (κ2) is 6.29. The molecule has 106 valence electrons. The minimum atomic E-state index is -0.180. The van der Waals surface area contributed by atoms with Crippen LogP contribution in [0.1, 0.15) is 19.5 Å². The van der Waals surface area contributed by atoms with Gasteiger partial charge in [-0.1, -0.05) is 23.4 Å². The van der Waals surface area contributed by atoms with Gasteiger partial charge in [-0.15, -0.1) is 5.10 Å². The lowest BCUT2D eigenvalue weighted by Gasteiger charge is -2.26. The quantitative estimate of drug-likeness (QED) is 0.889. The van der Waals surface area contributed by atoms with Gasteiger partial charge in [-0.2, -0.15) is 0 Å². The summed E-state index contributed by atoms with van der Waals surface area (Å²) in [5.74, 6) is -0.0689. The Bertz CT molecular complexity index is 566. The molecule has 0 bridgehead atoms. The lowest BCUT2D eigenvalue weighted by atomic mass is 10.2. The van der Waals surface area contributed by atoms with Crippen molar-refractivity contribution in [3.8, 4) is 0 Å². The van der Waals surface area contributed by atoms with Crippen LogP contribution < -0.4 is 4.90 Å². The van der Waals surface area contributed by atoms with Gasteiger partial charge in [0.2, 0.25) is 5.91 Å². The Balaban J connectivity index is 2.16. The van der Waals surface area contributed by atoms with Crippen molar-refractivity contribution >= 4 is 11.6 Å². The molecule has 2 aromatic rings. The van der Waals surface area contributed by atoms with Crippen LogP contribution >= 0.6 is 0 Å². The van der Waals surface area contributed by atoms with Crippen LogP contribution in [-0.4, -0.2) is 32.0 Å². The summed E-state index contributed by atoms with van der Waals surface area (Å²) in [5, 5.41) is 16.5. The number of carbonyl (C=O) groups is 1. The van der Waals surface area contributed by atoms with Crippen LogP contribution in [0.3, 0.4) is 0 Å². The molecule has 2 rings (SSSR count). The van der Waals surface area contributed by atoms with Gasteiger partial charge in [0.25, 0.3) is 0 Å². The average molecular weight is 274 g/mol. The van der Waals surface area contributed by atoms with Crippen LogP contribution in [-0.2, 0) is 17.9 Å². The molecule has 1 heterocycles. The molecule has 0 unspecified atom stereocenters. The summed E-state index contributed by atoms with van der Waals surface area (Å²) in [5.41, 5.74) is 1.31. The number of anilines is 1. The highest BCUT2D eigenvalue weighted by Gasteiger charge is 2.19. The number of aliphatic hydroxyl groups excluding tert-OH is 1. The Morgan fingerprint density at radius 3 is 2.60 bits per heavy atom. The Morgan fingerprint density at radius 2 is 2.05 bits per heavy atom. The van der Waals surface area contributed by atoms with Crippen molar-refractivity contribution in [3.63, 3.8) is 0 Å². The molecule has 0 aliphatic heterocycles. The number of aromatic nitrogens is 3. The first-order valence-corrected chi connectivity index (χ1v) is 6.48. The number of hydrogen-bond acceptors (Lipinski definition) is 4. The van der Waals surface area contributed by atoms with Gasteiger partial charge in [0.05, 0.1) is 12.8 Å². The Kier molecular flexibility index (Phi) is 4.47. The highest BCUT2D eigenvalue weighted by atomic mass is 16.3. The summed E-state index contributed by atoms with van der Waals surface area (Å²) < 4.78 is 1.44. The van der Waals surface area contributed by atoms with Gasteiger partial charge < -0.3 is 10.0 Å². The van der Waals surface area contributed by atoms with Crippen molar-refractivity contribution in [2.75, 3.05) is 4.90 Å². The molecule has 6 nitrogen and oxygen atoms in total. The first-order chi connectivity index (χ1) is 9.61. The molecule has 20 heavy (non-hydrogen) atoms. The monoisotopic (exact) mass is 274 g/mol. The summed E-state index contributed by atoms with van der Waals surface area (Å²) in [4.78, 5) is 14.1. The molecule has 0 atom stereocenters. The highest BCUT2D eigenvalue weighted by Crippen LogP contribution is 2.17. The van der Waals surface area contributed by atoms with Crippen molar-refractivity contribution in [1.82, 2.24) is 15.0 Å². The van der Waals surface area contributed by atoms with E-state index < -0.39 is 0 Å². The molecule has 1 N–H and O–H groups in total. The SMILES string of the molecule is CC(C)N(C(=O)Cn1cc(CO)nn1)c1ccccc1. The van der Waals surface area contributed by atoms with Crippen LogP contribution in [0.5, 0.6) is 0 Å². The van der Waals surface area contributed by atoms with Crippen molar-refractivity contribution in [2.45, 2.75) is 33.0 Å². The van der Waals surface area contributed by atoms with Crippen molar-refractivity contribution in [1.29, 1.82) is 0 Å². The van der Waals surface area contributed by atoms with Gasteiger partial charge in [-0.05, 0) is 26.0 Å². The van der Waals surface area contributed by atoms with Crippen LogP contribution in [0.2, 0.25) is 0 Å². The highest BCUT2D eigenvalue weighted by molar-refractivity contribution is 5.93. The van der Waals surface area contributed by atoms with E-state index in [1.54, 1.807) is 11.1 Å². The van der Waals surface area contributed by atoms with E-state index in [0.717, 1.165) is 5.69 Å². The van der Waals surface area contributed by atoms with Crippen molar-refractivity contribution in [2.24, 2.45) is 0 Å². The Labute approximate surface area is 117 Å². The largest absolute Gasteiger partial charge is 0.390 e. The fraction of sp³-hybridized carbons (Fsp3) is 0.357. The molecule has 0 aliphatic carbocycles. The second-order valence-corrected chi connectivity index (χ2v) is 4.76. The Hall–Kier alpha value is -2.21. The van der Waals surface area contributed by atoms with E-state index in [-0.39, 0.29) is 25.1 Å². The van der Waals surface area contributed by atoms with Gasteiger partial charge in [0, 0.05) is 11.7 Å². The molecular weight excluding hydrogens is 256 g/mol. The molecule has 1 aromatic heterocycles. The van der Waals surface area contributed by atoms with E-state index in [4.69, 9.17) is 5.11 Å². The zero-order valence-corrected chi connectivity index (χ0v) is 11.6. The lowest BCUT2D eigenvalue weighted by molar-refractivity contribution is -0.119. The second-order valence-electron chi connectivity index (χ2n) is 4.76. The number of hydrogen-bond donors (Lipinski definition) is 1. The minimum Gasteiger partial charge on any atom is -0.390 e. The molecule has 0 spiro atoms. The van der Waals surface area contributed by atoms with E-state index in [9.17, 15) is 4.79 Å². The van der Waals surface area contributed by atoms with Gasteiger partial charge in [0.15, 0.2) is 0 Å². The fourth-order valence-corrected chi connectivity index (χ4v) is 2.02. The molecule has 0 aliphatic rings. The third kappa shape index (κ3) is 3.21. The predicted molar refractivity (Wildman–Crippen MR) is 75.0 cm³/mol. The maximum absolute atomic E-state index is 12.4. The van der Waals surface area contributed by atoms with E-state index in [1.807, 2.05) is 44.2 Å². The number of nitrogens with zero attached hydrogens (tertiary/aromatic N) is 4. The zero-order valence-electron chi connectivity index (χ0n) is 11.6. The van der Waals surface area contributed by atoms with Crippen LogP contribution in [0.25, 0.3) is 0 Å². The summed E-state index contributed by atoms with van der Waals surface area (Å²) in [7, 11) is 0. The van der Waals surface area contributed by atoms with Gasteiger partial charge in [-0.25, -0.2) is 4.68 Å². The molecular formula is C14H18N4O2. The fourth-order valence-electron chi connectivity index (χ4n) is 2.02. The molecule has 0 radical (unpaired) electrons. The summed E-state index contributed by atoms with van der Waals surface area (Å²) in [6, 6.07) is 9.56. The molecule has 6 heteroatoms. The topological polar surface area (TPSA) is 71.2 Å². The molecule has 1 aromatic carbocycles.